The molecule has 0 amide bonds. The molecule has 0 radical (unpaired) electrons. The second-order valence-corrected chi connectivity index (χ2v) is 5.40. The van der Waals surface area contributed by atoms with Gasteiger partial charge in [0.15, 0.2) is 0 Å². The molecule has 1 saturated heterocycles. The van der Waals surface area contributed by atoms with Crippen molar-refractivity contribution in [1.29, 1.82) is 0 Å². The smallest absolute Gasteiger partial charge is 0.0862 e. The summed E-state index contributed by atoms with van der Waals surface area (Å²) in [4.78, 5) is 2.37. The number of hydrogen-bond acceptors (Lipinski definition) is 4. The normalized spacial score (nSPS) is 21.4. The van der Waals surface area contributed by atoms with Crippen LogP contribution in [0, 0.1) is 0 Å². The van der Waals surface area contributed by atoms with Gasteiger partial charge in [0.2, 0.25) is 0 Å². The molecule has 1 aliphatic rings. The van der Waals surface area contributed by atoms with Crippen molar-refractivity contribution in [3.05, 3.63) is 36.9 Å². The number of aromatic nitrogens is 4. The van der Waals surface area contributed by atoms with Crippen LogP contribution >= 0.6 is 0 Å². The Bertz CT molecular complexity index is 496. The maximum atomic E-state index is 10.2. The summed E-state index contributed by atoms with van der Waals surface area (Å²) in [6.07, 6.45) is 9.42. The lowest BCUT2D eigenvalue weighted by Gasteiger charge is -2.26. The largest absolute Gasteiger partial charge is 0.390 e. The van der Waals surface area contributed by atoms with Crippen molar-refractivity contribution in [2.75, 3.05) is 13.1 Å². The van der Waals surface area contributed by atoms with Gasteiger partial charge in [-0.2, -0.15) is 10.2 Å². The van der Waals surface area contributed by atoms with E-state index in [-0.39, 0.29) is 6.10 Å². The van der Waals surface area contributed by atoms with Crippen molar-refractivity contribution in [2.24, 2.45) is 0 Å². The zero-order valence-electron chi connectivity index (χ0n) is 11.5. The van der Waals surface area contributed by atoms with E-state index in [9.17, 15) is 5.11 Å². The highest BCUT2D eigenvalue weighted by Crippen LogP contribution is 2.19. The fourth-order valence-electron chi connectivity index (χ4n) is 2.92. The summed E-state index contributed by atoms with van der Waals surface area (Å²) in [5.74, 6) is 0. The van der Waals surface area contributed by atoms with Gasteiger partial charge in [0.05, 0.1) is 19.2 Å². The highest BCUT2D eigenvalue weighted by atomic mass is 16.3. The minimum Gasteiger partial charge on any atom is -0.390 e. The third-order valence-corrected chi connectivity index (χ3v) is 3.86. The van der Waals surface area contributed by atoms with Gasteiger partial charge in [-0.1, -0.05) is 0 Å². The van der Waals surface area contributed by atoms with Gasteiger partial charge in [-0.25, -0.2) is 0 Å². The third kappa shape index (κ3) is 3.26. The number of likely N-dealkylation sites (tertiary alicyclic amines) is 1. The predicted octanol–water partition coefficient (Wildman–Crippen LogP) is 0.605. The Morgan fingerprint density at radius 1 is 1.10 bits per heavy atom. The molecule has 3 heterocycles. The van der Waals surface area contributed by atoms with Gasteiger partial charge in [-0.3, -0.25) is 14.3 Å². The van der Waals surface area contributed by atoms with E-state index >= 15 is 0 Å². The zero-order valence-corrected chi connectivity index (χ0v) is 11.5. The molecule has 0 bridgehead atoms. The van der Waals surface area contributed by atoms with E-state index in [1.807, 2.05) is 35.4 Å². The van der Waals surface area contributed by atoms with Gasteiger partial charge in [-0.15, -0.1) is 0 Å². The van der Waals surface area contributed by atoms with Gasteiger partial charge in [0.25, 0.3) is 0 Å². The molecule has 1 fully saturated rings. The number of rotatable bonds is 6. The van der Waals surface area contributed by atoms with E-state index in [1.165, 1.54) is 12.8 Å². The van der Waals surface area contributed by atoms with Crippen molar-refractivity contribution in [3.8, 4) is 0 Å². The molecular weight excluding hydrogens is 254 g/mol. The first-order valence-corrected chi connectivity index (χ1v) is 7.18. The quantitative estimate of drug-likeness (QED) is 0.839. The molecule has 0 spiro atoms. The lowest BCUT2D eigenvalue weighted by Crippen LogP contribution is -2.40. The van der Waals surface area contributed by atoms with E-state index in [0.29, 0.717) is 19.1 Å². The van der Waals surface area contributed by atoms with Gasteiger partial charge < -0.3 is 5.11 Å². The number of aliphatic hydroxyl groups is 1. The number of nitrogens with zero attached hydrogens (tertiary/aromatic N) is 5. The monoisotopic (exact) mass is 275 g/mol. The first-order chi connectivity index (χ1) is 9.81. The summed E-state index contributed by atoms with van der Waals surface area (Å²) in [6.45, 7) is 3.22. The van der Waals surface area contributed by atoms with Crippen molar-refractivity contribution >= 4 is 0 Å². The van der Waals surface area contributed by atoms with Gasteiger partial charge in [0, 0.05) is 37.4 Å². The lowest BCUT2D eigenvalue weighted by molar-refractivity contribution is 0.0847. The number of aliphatic hydroxyl groups excluding tert-OH is 1. The second kappa shape index (κ2) is 6.19. The lowest BCUT2D eigenvalue weighted by atomic mass is 10.2. The Hall–Kier alpha value is -1.66. The van der Waals surface area contributed by atoms with Crippen molar-refractivity contribution in [3.63, 3.8) is 0 Å². The molecule has 0 saturated carbocycles. The Balaban J connectivity index is 1.53. The molecule has 1 N–H and O–H groups in total. The van der Waals surface area contributed by atoms with E-state index in [4.69, 9.17) is 0 Å². The van der Waals surface area contributed by atoms with Crippen LogP contribution < -0.4 is 0 Å². The molecule has 0 aromatic carbocycles. The molecule has 3 rings (SSSR count). The second-order valence-electron chi connectivity index (χ2n) is 5.40. The van der Waals surface area contributed by atoms with E-state index in [2.05, 4.69) is 15.1 Å². The highest BCUT2D eigenvalue weighted by molar-refractivity contribution is 4.85. The average molecular weight is 275 g/mol. The Kier molecular flexibility index (Phi) is 4.13. The molecule has 0 unspecified atom stereocenters. The molecule has 2 atom stereocenters. The Morgan fingerprint density at radius 3 is 2.55 bits per heavy atom. The van der Waals surface area contributed by atoms with Crippen molar-refractivity contribution < 1.29 is 5.11 Å². The first kappa shape index (κ1) is 13.3. The molecule has 0 aliphatic carbocycles. The van der Waals surface area contributed by atoms with Crippen LogP contribution in [0.2, 0.25) is 0 Å². The topological polar surface area (TPSA) is 59.1 Å². The summed E-state index contributed by atoms with van der Waals surface area (Å²) < 4.78 is 3.76. The maximum Gasteiger partial charge on any atom is 0.0862 e. The fraction of sp³-hybridized carbons (Fsp3) is 0.571. The van der Waals surface area contributed by atoms with E-state index < -0.39 is 0 Å². The fourth-order valence-corrected chi connectivity index (χ4v) is 2.92. The molecule has 20 heavy (non-hydrogen) atoms. The molecule has 108 valence electrons. The predicted molar refractivity (Wildman–Crippen MR) is 75.1 cm³/mol. The van der Waals surface area contributed by atoms with Gasteiger partial charge in [-0.05, 0) is 31.5 Å². The standard InChI is InChI=1S/C14H21N5O/c20-14(12-19-9-3-6-16-19)11-17-7-1-4-13(17)10-18-8-2-5-15-18/h2-3,5-6,8-9,13-14,20H,1,4,7,10-12H2/t13-,14-/m0/s1. The molecule has 2 aromatic rings. The van der Waals surface area contributed by atoms with Gasteiger partial charge >= 0.3 is 0 Å². The van der Waals surface area contributed by atoms with Crippen molar-refractivity contribution in [2.45, 2.75) is 38.1 Å². The van der Waals surface area contributed by atoms with Crippen molar-refractivity contribution in [1.82, 2.24) is 24.5 Å². The minimum atomic E-state index is -0.381. The SMILES string of the molecule is O[C@@H](CN1CCC[C@H]1Cn1cccn1)Cn1cccn1. The molecule has 2 aromatic heterocycles. The van der Waals surface area contributed by atoms with Crippen LogP contribution in [0.4, 0.5) is 0 Å². The van der Waals surface area contributed by atoms with Crippen LogP contribution in [0.25, 0.3) is 0 Å². The van der Waals surface area contributed by atoms with Gasteiger partial charge in [0.1, 0.15) is 0 Å². The minimum absolute atomic E-state index is 0.381. The van der Waals surface area contributed by atoms with Crippen LogP contribution in [0.3, 0.4) is 0 Å². The Morgan fingerprint density at radius 2 is 1.85 bits per heavy atom. The summed E-state index contributed by atoms with van der Waals surface area (Å²) in [7, 11) is 0. The highest BCUT2D eigenvalue weighted by Gasteiger charge is 2.26. The summed E-state index contributed by atoms with van der Waals surface area (Å²) >= 11 is 0. The summed E-state index contributed by atoms with van der Waals surface area (Å²) in [6, 6.07) is 4.30. The van der Waals surface area contributed by atoms with Crippen LogP contribution in [-0.4, -0.2) is 54.8 Å². The maximum absolute atomic E-state index is 10.2. The van der Waals surface area contributed by atoms with E-state index in [0.717, 1.165) is 13.1 Å². The van der Waals surface area contributed by atoms with Crippen LogP contribution in [0.5, 0.6) is 0 Å². The summed E-state index contributed by atoms with van der Waals surface area (Å²) in [5.41, 5.74) is 0. The number of hydrogen-bond donors (Lipinski definition) is 1. The molecule has 6 nitrogen and oxygen atoms in total. The molecule has 1 aliphatic heterocycles. The summed E-state index contributed by atoms with van der Waals surface area (Å²) in [5, 5.41) is 18.6. The van der Waals surface area contributed by atoms with Crippen LogP contribution in [0.1, 0.15) is 12.8 Å². The third-order valence-electron chi connectivity index (χ3n) is 3.86. The van der Waals surface area contributed by atoms with E-state index in [1.54, 1.807) is 10.9 Å². The molecule has 6 heteroatoms. The molecular formula is C14H21N5O. The zero-order chi connectivity index (χ0) is 13.8. The first-order valence-electron chi connectivity index (χ1n) is 7.18. The number of β-amino-alcohol motifs (C(OH)–C–C–N with tert-alkyl or cyclic N) is 1. The Labute approximate surface area is 118 Å². The van der Waals surface area contributed by atoms with Crippen LogP contribution in [-0.2, 0) is 13.1 Å². The average Bonchev–Trinajstić information content (AvgIpc) is 3.14. The van der Waals surface area contributed by atoms with Crippen LogP contribution in [0.15, 0.2) is 36.9 Å².